The highest BCUT2D eigenvalue weighted by Crippen LogP contribution is 2.24. The summed E-state index contributed by atoms with van der Waals surface area (Å²) < 4.78 is 6.69. The molecule has 0 bridgehead atoms. The molecule has 0 aromatic carbocycles. The zero-order valence-corrected chi connectivity index (χ0v) is 11.1. The molecule has 0 atom stereocenters. The van der Waals surface area contributed by atoms with Crippen LogP contribution in [0.1, 0.15) is 18.4 Å². The molecule has 1 aliphatic heterocycles. The van der Waals surface area contributed by atoms with Gasteiger partial charge in [0, 0.05) is 6.20 Å². The molecule has 4 heteroatoms. The third kappa shape index (κ3) is 3.19. The molecule has 1 fully saturated rings. The maximum atomic E-state index is 5.75. The normalized spacial score (nSPS) is 17.4. The van der Waals surface area contributed by atoms with E-state index in [1.807, 2.05) is 19.2 Å². The van der Waals surface area contributed by atoms with Gasteiger partial charge in [0.2, 0.25) is 5.88 Å². The fourth-order valence-corrected chi connectivity index (χ4v) is 2.45. The topological polar surface area (TPSA) is 34.1 Å². The van der Waals surface area contributed by atoms with Gasteiger partial charge in [-0.25, -0.2) is 4.98 Å². The van der Waals surface area contributed by atoms with E-state index in [1.165, 1.54) is 12.8 Å². The molecule has 0 saturated carbocycles. The van der Waals surface area contributed by atoms with E-state index in [-0.39, 0.29) is 0 Å². The average molecular weight is 285 g/mol. The number of hydrogen-bond acceptors (Lipinski definition) is 3. The number of pyridine rings is 1. The van der Waals surface area contributed by atoms with Gasteiger partial charge in [0.25, 0.3) is 0 Å². The third-order valence-electron chi connectivity index (χ3n) is 2.86. The Hall–Kier alpha value is -0.610. The number of aromatic nitrogens is 1. The highest BCUT2D eigenvalue weighted by atomic mass is 79.9. The standard InChI is InChI=1S/C12H17BrN2O/c1-9-6-11(13)12(15-7-9)16-8-10-2-4-14-5-3-10/h6-7,10,14H,2-5,8H2,1H3. The second-order valence-electron chi connectivity index (χ2n) is 4.30. The average Bonchev–Trinajstić information content (AvgIpc) is 2.29. The predicted octanol–water partition coefficient (Wildman–Crippen LogP) is 2.53. The number of nitrogens with one attached hydrogen (secondary N) is 1. The number of piperidine rings is 1. The first-order valence-electron chi connectivity index (χ1n) is 5.71. The summed E-state index contributed by atoms with van der Waals surface area (Å²) in [5.74, 6) is 1.38. The lowest BCUT2D eigenvalue weighted by Gasteiger charge is -2.22. The summed E-state index contributed by atoms with van der Waals surface area (Å²) in [6, 6.07) is 2.03. The zero-order valence-electron chi connectivity index (χ0n) is 9.50. The number of aryl methyl sites for hydroxylation is 1. The second-order valence-corrected chi connectivity index (χ2v) is 5.16. The van der Waals surface area contributed by atoms with Gasteiger partial charge < -0.3 is 10.1 Å². The van der Waals surface area contributed by atoms with Crippen LogP contribution in [0.25, 0.3) is 0 Å². The fourth-order valence-electron chi connectivity index (χ4n) is 1.87. The smallest absolute Gasteiger partial charge is 0.227 e. The summed E-state index contributed by atoms with van der Waals surface area (Å²) in [7, 11) is 0. The van der Waals surface area contributed by atoms with E-state index in [2.05, 4.69) is 26.2 Å². The zero-order chi connectivity index (χ0) is 11.4. The van der Waals surface area contributed by atoms with Crippen molar-refractivity contribution in [3.8, 4) is 5.88 Å². The van der Waals surface area contributed by atoms with Gasteiger partial charge >= 0.3 is 0 Å². The minimum Gasteiger partial charge on any atom is -0.477 e. The molecule has 0 spiro atoms. The van der Waals surface area contributed by atoms with Gasteiger partial charge in [-0.3, -0.25) is 0 Å². The number of rotatable bonds is 3. The first-order chi connectivity index (χ1) is 7.75. The monoisotopic (exact) mass is 284 g/mol. The number of nitrogens with zero attached hydrogens (tertiary/aromatic N) is 1. The van der Waals surface area contributed by atoms with Crippen molar-refractivity contribution >= 4 is 15.9 Å². The van der Waals surface area contributed by atoms with Crippen molar-refractivity contribution in [3.05, 3.63) is 22.3 Å². The first kappa shape index (κ1) is 11.9. The van der Waals surface area contributed by atoms with Gasteiger partial charge in [0.15, 0.2) is 0 Å². The molecule has 1 aromatic heterocycles. The molecule has 1 aliphatic rings. The Balaban J connectivity index is 1.88. The van der Waals surface area contributed by atoms with E-state index in [0.717, 1.165) is 29.7 Å². The van der Waals surface area contributed by atoms with Crippen molar-refractivity contribution in [1.29, 1.82) is 0 Å². The van der Waals surface area contributed by atoms with Crippen molar-refractivity contribution in [2.75, 3.05) is 19.7 Å². The van der Waals surface area contributed by atoms with Crippen molar-refractivity contribution in [2.24, 2.45) is 5.92 Å². The SMILES string of the molecule is Cc1cnc(OCC2CCNCC2)c(Br)c1. The Labute approximate surface area is 105 Å². The van der Waals surface area contributed by atoms with E-state index in [4.69, 9.17) is 4.74 Å². The summed E-state index contributed by atoms with van der Waals surface area (Å²) in [5.41, 5.74) is 1.14. The summed E-state index contributed by atoms with van der Waals surface area (Å²) in [6.07, 6.45) is 4.23. The van der Waals surface area contributed by atoms with E-state index in [0.29, 0.717) is 11.8 Å². The minimum atomic E-state index is 0.663. The molecule has 1 aromatic rings. The molecular formula is C12H17BrN2O. The molecule has 0 amide bonds. The lowest BCUT2D eigenvalue weighted by Crippen LogP contribution is -2.30. The maximum absolute atomic E-state index is 5.75. The third-order valence-corrected chi connectivity index (χ3v) is 3.43. The van der Waals surface area contributed by atoms with Crippen LogP contribution < -0.4 is 10.1 Å². The highest BCUT2D eigenvalue weighted by molar-refractivity contribution is 9.10. The van der Waals surface area contributed by atoms with Gasteiger partial charge in [-0.15, -0.1) is 0 Å². The van der Waals surface area contributed by atoms with Crippen LogP contribution in [0, 0.1) is 12.8 Å². The number of hydrogen-bond donors (Lipinski definition) is 1. The Bertz CT molecular complexity index is 351. The fraction of sp³-hybridized carbons (Fsp3) is 0.583. The molecular weight excluding hydrogens is 268 g/mol. The van der Waals surface area contributed by atoms with E-state index in [1.54, 1.807) is 0 Å². The van der Waals surface area contributed by atoms with Gasteiger partial charge in [-0.1, -0.05) is 0 Å². The number of ether oxygens (including phenoxy) is 1. The molecule has 3 nitrogen and oxygen atoms in total. The minimum absolute atomic E-state index is 0.663. The van der Waals surface area contributed by atoms with Crippen molar-refractivity contribution < 1.29 is 4.74 Å². The predicted molar refractivity (Wildman–Crippen MR) is 67.8 cm³/mol. The molecule has 0 radical (unpaired) electrons. The summed E-state index contributed by atoms with van der Waals surface area (Å²) >= 11 is 3.47. The summed E-state index contributed by atoms with van der Waals surface area (Å²) in [6.45, 7) is 5.01. The van der Waals surface area contributed by atoms with Gasteiger partial charge in [-0.2, -0.15) is 0 Å². The lowest BCUT2D eigenvalue weighted by atomic mass is 9.99. The van der Waals surface area contributed by atoms with Crippen LogP contribution >= 0.6 is 15.9 Å². The van der Waals surface area contributed by atoms with Gasteiger partial charge in [0.1, 0.15) is 0 Å². The van der Waals surface area contributed by atoms with Crippen LogP contribution in [-0.2, 0) is 0 Å². The van der Waals surface area contributed by atoms with Crippen LogP contribution in [-0.4, -0.2) is 24.7 Å². The van der Waals surface area contributed by atoms with E-state index >= 15 is 0 Å². The van der Waals surface area contributed by atoms with E-state index < -0.39 is 0 Å². The van der Waals surface area contributed by atoms with Crippen LogP contribution in [0.2, 0.25) is 0 Å². The van der Waals surface area contributed by atoms with Crippen molar-refractivity contribution in [1.82, 2.24) is 10.3 Å². The second kappa shape index (κ2) is 5.64. The van der Waals surface area contributed by atoms with Crippen molar-refractivity contribution in [3.63, 3.8) is 0 Å². The van der Waals surface area contributed by atoms with Crippen LogP contribution in [0.5, 0.6) is 5.88 Å². The molecule has 1 saturated heterocycles. The van der Waals surface area contributed by atoms with Gasteiger partial charge in [-0.05, 0) is 66.3 Å². The van der Waals surface area contributed by atoms with Crippen molar-refractivity contribution in [2.45, 2.75) is 19.8 Å². The number of halogens is 1. The maximum Gasteiger partial charge on any atom is 0.227 e. The van der Waals surface area contributed by atoms with Crippen LogP contribution in [0.15, 0.2) is 16.7 Å². The van der Waals surface area contributed by atoms with Crippen LogP contribution in [0.3, 0.4) is 0 Å². The Morgan fingerprint density at radius 1 is 1.50 bits per heavy atom. The largest absolute Gasteiger partial charge is 0.477 e. The van der Waals surface area contributed by atoms with Gasteiger partial charge in [0.05, 0.1) is 11.1 Å². The Morgan fingerprint density at radius 3 is 2.94 bits per heavy atom. The lowest BCUT2D eigenvalue weighted by molar-refractivity contribution is 0.208. The first-order valence-corrected chi connectivity index (χ1v) is 6.50. The summed E-state index contributed by atoms with van der Waals surface area (Å²) in [4.78, 5) is 4.28. The molecule has 16 heavy (non-hydrogen) atoms. The quantitative estimate of drug-likeness (QED) is 0.926. The van der Waals surface area contributed by atoms with Crippen LogP contribution in [0.4, 0.5) is 0 Å². The molecule has 2 heterocycles. The Kier molecular flexibility index (Phi) is 4.18. The molecule has 1 N–H and O–H groups in total. The molecule has 2 rings (SSSR count). The molecule has 88 valence electrons. The Morgan fingerprint density at radius 2 is 2.25 bits per heavy atom. The highest BCUT2D eigenvalue weighted by Gasteiger charge is 2.14. The molecule has 0 unspecified atom stereocenters. The summed E-state index contributed by atoms with van der Waals surface area (Å²) in [5, 5.41) is 3.35. The van der Waals surface area contributed by atoms with E-state index in [9.17, 15) is 0 Å². The molecule has 0 aliphatic carbocycles.